The number of carboxylic acids is 1. The average Bonchev–Trinajstić information content (AvgIpc) is 2.87. The molecule has 6 nitrogen and oxygen atoms in total. The quantitative estimate of drug-likeness (QED) is 0.691. The minimum Gasteiger partial charge on any atom is -0.477 e. The molecule has 0 amide bonds. The Labute approximate surface area is 122 Å². The van der Waals surface area contributed by atoms with Gasteiger partial charge in [-0.05, 0) is 32.9 Å². The van der Waals surface area contributed by atoms with E-state index in [9.17, 15) is 9.59 Å². The van der Waals surface area contributed by atoms with E-state index >= 15 is 0 Å². The third-order valence-corrected chi connectivity index (χ3v) is 2.88. The minimum absolute atomic E-state index is 0.0262. The van der Waals surface area contributed by atoms with Crippen LogP contribution in [-0.2, 0) is 0 Å². The lowest BCUT2D eigenvalue weighted by Gasteiger charge is -2.07. The second kappa shape index (κ2) is 5.78. The zero-order valence-corrected chi connectivity index (χ0v) is 12.0. The Morgan fingerprint density at radius 2 is 1.86 bits per heavy atom. The van der Waals surface area contributed by atoms with E-state index in [1.165, 1.54) is 10.7 Å². The lowest BCUT2D eigenvalue weighted by atomic mass is 10.2. The van der Waals surface area contributed by atoms with Crippen LogP contribution in [0.1, 0.15) is 46.4 Å². The summed E-state index contributed by atoms with van der Waals surface area (Å²) in [5.74, 6) is -1.42. The second-order valence-corrected chi connectivity index (χ2v) is 4.96. The van der Waals surface area contributed by atoms with Gasteiger partial charge in [0, 0.05) is 12.1 Å². The Kier molecular flexibility index (Phi) is 4.07. The van der Waals surface area contributed by atoms with Crippen molar-refractivity contribution < 1.29 is 19.4 Å². The van der Waals surface area contributed by atoms with Gasteiger partial charge in [-0.15, -0.1) is 0 Å². The number of carboxylic acid groups (broad SMARTS) is 1. The van der Waals surface area contributed by atoms with Crippen LogP contribution < -0.4 is 4.74 Å². The number of carbonyl (C=O) groups excluding carboxylic acids is 1. The monoisotopic (exact) mass is 288 g/mol. The number of hydrogen-bond donors (Lipinski definition) is 1. The third kappa shape index (κ3) is 3.28. The summed E-state index contributed by atoms with van der Waals surface area (Å²) in [4.78, 5) is 23.2. The fourth-order valence-electron chi connectivity index (χ4n) is 1.81. The molecule has 0 saturated carbocycles. The molecule has 1 heterocycles. The van der Waals surface area contributed by atoms with Gasteiger partial charge < -0.3 is 9.84 Å². The molecule has 6 heteroatoms. The predicted octanol–water partition coefficient (Wildman–Crippen LogP) is 2.69. The highest BCUT2D eigenvalue weighted by Crippen LogP contribution is 2.16. The molecule has 0 atom stereocenters. The fourth-order valence-corrected chi connectivity index (χ4v) is 1.81. The number of ether oxygens (including phenoxy) is 1. The van der Waals surface area contributed by atoms with Crippen molar-refractivity contribution in [1.82, 2.24) is 9.78 Å². The summed E-state index contributed by atoms with van der Waals surface area (Å²) in [7, 11) is 0. The summed E-state index contributed by atoms with van der Waals surface area (Å²) in [5, 5.41) is 13.1. The number of esters is 1. The van der Waals surface area contributed by atoms with Gasteiger partial charge >= 0.3 is 11.9 Å². The van der Waals surface area contributed by atoms with E-state index in [0.29, 0.717) is 5.75 Å². The first-order chi connectivity index (χ1) is 9.88. The summed E-state index contributed by atoms with van der Waals surface area (Å²) in [6.07, 6.45) is 0. The summed E-state index contributed by atoms with van der Waals surface area (Å²) in [6.45, 7) is 5.50. The fraction of sp³-hybridized carbons (Fsp3) is 0.267. The summed E-state index contributed by atoms with van der Waals surface area (Å²) in [6, 6.07) is 8.03. The maximum absolute atomic E-state index is 12.0. The maximum Gasteiger partial charge on any atom is 0.364 e. The van der Waals surface area contributed by atoms with E-state index in [-0.39, 0.29) is 17.4 Å². The first-order valence-corrected chi connectivity index (χ1v) is 6.50. The van der Waals surface area contributed by atoms with E-state index in [1.807, 2.05) is 19.1 Å². The van der Waals surface area contributed by atoms with Gasteiger partial charge in [-0.25, -0.2) is 9.59 Å². The highest BCUT2D eigenvalue weighted by molar-refractivity contribution is 5.93. The number of hydrogen-bond acceptors (Lipinski definition) is 4. The molecule has 0 spiro atoms. The van der Waals surface area contributed by atoms with E-state index in [0.717, 1.165) is 5.56 Å². The van der Waals surface area contributed by atoms with Gasteiger partial charge in [-0.3, -0.25) is 4.68 Å². The topological polar surface area (TPSA) is 81.4 Å². The first kappa shape index (κ1) is 14.8. The van der Waals surface area contributed by atoms with Crippen LogP contribution in [0.3, 0.4) is 0 Å². The SMILES string of the molecule is Cc1ccc(OC(=O)c2cc(C(=O)O)n(C(C)C)n2)cc1. The second-order valence-electron chi connectivity index (χ2n) is 4.96. The highest BCUT2D eigenvalue weighted by Gasteiger charge is 2.21. The van der Waals surface area contributed by atoms with Crippen LogP contribution in [-0.4, -0.2) is 26.8 Å². The van der Waals surface area contributed by atoms with Crippen LogP contribution in [0.5, 0.6) is 5.75 Å². The van der Waals surface area contributed by atoms with Gasteiger partial charge in [-0.2, -0.15) is 5.10 Å². The van der Waals surface area contributed by atoms with Gasteiger partial charge in [0.2, 0.25) is 0 Å². The van der Waals surface area contributed by atoms with Crippen LogP contribution in [0.15, 0.2) is 30.3 Å². The number of aryl methyl sites for hydroxylation is 1. The predicted molar refractivity (Wildman–Crippen MR) is 75.7 cm³/mol. The smallest absolute Gasteiger partial charge is 0.364 e. The van der Waals surface area contributed by atoms with Crippen molar-refractivity contribution in [2.45, 2.75) is 26.8 Å². The average molecular weight is 288 g/mol. The molecule has 0 radical (unpaired) electrons. The molecule has 2 aromatic rings. The molecule has 0 aliphatic heterocycles. The van der Waals surface area contributed by atoms with Gasteiger partial charge in [0.05, 0.1) is 0 Å². The van der Waals surface area contributed by atoms with Crippen LogP contribution in [0.25, 0.3) is 0 Å². The van der Waals surface area contributed by atoms with Gasteiger partial charge in [0.1, 0.15) is 11.4 Å². The first-order valence-electron chi connectivity index (χ1n) is 6.50. The van der Waals surface area contributed by atoms with Crippen molar-refractivity contribution >= 4 is 11.9 Å². The lowest BCUT2D eigenvalue weighted by molar-refractivity contribution is 0.0679. The number of aromatic carboxylic acids is 1. The molecule has 110 valence electrons. The van der Waals surface area contributed by atoms with Gasteiger partial charge in [0.25, 0.3) is 0 Å². The Bertz CT molecular complexity index is 671. The number of aromatic nitrogens is 2. The molecule has 1 aromatic heterocycles. The minimum atomic E-state index is -1.13. The van der Waals surface area contributed by atoms with Crippen molar-refractivity contribution in [3.63, 3.8) is 0 Å². The third-order valence-electron chi connectivity index (χ3n) is 2.88. The summed E-state index contributed by atoms with van der Waals surface area (Å²) >= 11 is 0. The molecule has 1 N–H and O–H groups in total. The summed E-state index contributed by atoms with van der Waals surface area (Å²) < 4.78 is 6.46. The van der Waals surface area contributed by atoms with Gasteiger partial charge in [0.15, 0.2) is 5.69 Å². The molecule has 0 aliphatic rings. The van der Waals surface area contributed by atoms with E-state index < -0.39 is 11.9 Å². The van der Waals surface area contributed by atoms with Crippen LogP contribution >= 0.6 is 0 Å². The van der Waals surface area contributed by atoms with Crippen LogP contribution in [0.4, 0.5) is 0 Å². The summed E-state index contributed by atoms with van der Waals surface area (Å²) in [5.41, 5.74) is 0.981. The maximum atomic E-state index is 12.0. The largest absolute Gasteiger partial charge is 0.477 e. The van der Waals surface area contributed by atoms with Crippen molar-refractivity contribution in [3.8, 4) is 5.75 Å². The molecule has 0 aliphatic carbocycles. The standard InChI is InChI=1S/C15H16N2O4/c1-9(2)17-13(14(18)19)8-12(16-17)15(20)21-11-6-4-10(3)5-7-11/h4-9H,1-3H3,(H,18,19). The molecule has 0 bridgehead atoms. The lowest BCUT2D eigenvalue weighted by Crippen LogP contribution is -2.13. The number of carbonyl (C=O) groups is 2. The van der Waals surface area contributed by atoms with Crippen LogP contribution in [0.2, 0.25) is 0 Å². The zero-order chi connectivity index (χ0) is 15.6. The Balaban J connectivity index is 2.25. The molecule has 2 rings (SSSR count). The molecule has 0 saturated heterocycles. The molecular formula is C15H16N2O4. The Morgan fingerprint density at radius 3 is 2.33 bits per heavy atom. The number of rotatable bonds is 4. The van der Waals surface area contributed by atoms with Crippen molar-refractivity contribution in [2.24, 2.45) is 0 Å². The van der Waals surface area contributed by atoms with Crippen LogP contribution in [0, 0.1) is 6.92 Å². The molecule has 21 heavy (non-hydrogen) atoms. The highest BCUT2D eigenvalue weighted by atomic mass is 16.5. The Morgan fingerprint density at radius 1 is 1.24 bits per heavy atom. The number of benzene rings is 1. The van der Waals surface area contributed by atoms with Crippen molar-refractivity contribution in [1.29, 1.82) is 0 Å². The van der Waals surface area contributed by atoms with E-state index in [2.05, 4.69) is 5.10 Å². The zero-order valence-electron chi connectivity index (χ0n) is 12.0. The van der Waals surface area contributed by atoms with Crippen molar-refractivity contribution in [2.75, 3.05) is 0 Å². The normalized spacial score (nSPS) is 10.7. The number of nitrogens with zero attached hydrogens (tertiary/aromatic N) is 2. The molecule has 1 aromatic carbocycles. The van der Waals surface area contributed by atoms with E-state index in [4.69, 9.17) is 9.84 Å². The molecule has 0 fully saturated rings. The van der Waals surface area contributed by atoms with Crippen molar-refractivity contribution in [3.05, 3.63) is 47.3 Å². The van der Waals surface area contributed by atoms with E-state index in [1.54, 1.807) is 26.0 Å². The Hall–Kier alpha value is -2.63. The molecular weight excluding hydrogens is 272 g/mol. The van der Waals surface area contributed by atoms with Gasteiger partial charge in [-0.1, -0.05) is 17.7 Å². The molecule has 0 unspecified atom stereocenters.